The molecule has 0 aliphatic carbocycles. The van der Waals surface area contributed by atoms with Crippen molar-refractivity contribution >= 4 is 67.1 Å². The zero-order valence-electron chi connectivity index (χ0n) is 21.0. The fourth-order valence-electron chi connectivity index (χ4n) is 3.91. The van der Waals surface area contributed by atoms with Crippen LogP contribution in [-0.4, -0.2) is 26.0 Å². The van der Waals surface area contributed by atoms with Crippen molar-refractivity contribution < 1.29 is 57.2 Å². The molecule has 0 fully saturated rings. The van der Waals surface area contributed by atoms with Crippen molar-refractivity contribution in [2.75, 3.05) is 12.4 Å². The van der Waals surface area contributed by atoms with Crippen LogP contribution in [0, 0.1) is 0 Å². The number of halogens is 2. The third kappa shape index (κ3) is 6.72. The van der Waals surface area contributed by atoms with E-state index < -0.39 is 26.7 Å². The summed E-state index contributed by atoms with van der Waals surface area (Å²) in [6, 6.07) is 15.4. The van der Waals surface area contributed by atoms with Gasteiger partial charge < -0.3 is 15.2 Å². The molecule has 4 aromatic rings. The molecule has 0 saturated heterocycles. The Hall–Kier alpha value is -2.70. The molecule has 39 heavy (non-hydrogen) atoms. The molecule has 0 heterocycles. The van der Waals surface area contributed by atoms with Crippen molar-refractivity contribution in [1.82, 2.24) is 0 Å². The van der Waals surface area contributed by atoms with Crippen LogP contribution in [0.3, 0.4) is 0 Å². The van der Waals surface area contributed by atoms with Gasteiger partial charge in [0, 0.05) is 32.6 Å². The minimum atomic E-state index is -4.59. The zero-order chi connectivity index (χ0) is 27.6. The van der Waals surface area contributed by atoms with Crippen LogP contribution in [0.25, 0.3) is 10.8 Å². The Bertz CT molecular complexity index is 1710. The molecule has 4 rings (SSSR count). The Morgan fingerprint density at radius 2 is 1.77 bits per heavy atom. The van der Waals surface area contributed by atoms with Crippen LogP contribution in [0.2, 0.25) is 10.0 Å². The summed E-state index contributed by atoms with van der Waals surface area (Å²) in [6.07, 6.45) is 0.178. The van der Waals surface area contributed by atoms with Crippen LogP contribution in [0.5, 0.6) is 11.5 Å². The van der Waals surface area contributed by atoms with E-state index in [1.165, 1.54) is 25.3 Å². The molecule has 0 unspecified atom stereocenters. The first-order valence-corrected chi connectivity index (χ1v) is 13.3. The van der Waals surface area contributed by atoms with Gasteiger partial charge in [0.15, 0.2) is 0 Å². The van der Waals surface area contributed by atoms with Crippen LogP contribution in [0.4, 0.5) is 17.1 Å². The van der Waals surface area contributed by atoms with E-state index in [-0.39, 0.29) is 63.5 Å². The van der Waals surface area contributed by atoms with Gasteiger partial charge in [-0.05, 0) is 42.1 Å². The van der Waals surface area contributed by atoms with Gasteiger partial charge in [-0.15, -0.1) is 0 Å². The van der Waals surface area contributed by atoms with Crippen molar-refractivity contribution in [3.63, 3.8) is 0 Å². The summed E-state index contributed by atoms with van der Waals surface area (Å²) in [4.78, 5) is 12.8. The summed E-state index contributed by atoms with van der Waals surface area (Å²) in [6.45, 7) is 1.67. The van der Waals surface area contributed by atoms with Gasteiger partial charge in [-0.2, -0.15) is 18.6 Å². The summed E-state index contributed by atoms with van der Waals surface area (Å²) in [5.41, 5.74) is 0.196. The second kappa shape index (κ2) is 12.6. The molecular formula is C26H20Cl2N3NaO6S. The molecule has 0 spiro atoms. The number of azo groups is 1. The van der Waals surface area contributed by atoms with Crippen molar-refractivity contribution in [2.45, 2.75) is 18.2 Å². The van der Waals surface area contributed by atoms with E-state index in [1.807, 2.05) is 0 Å². The van der Waals surface area contributed by atoms with Gasteiger partial charge in [-0.25, -0.2) is 0 Å². The van der Waals surface area contributed by atoms with Gasteiger partial charge >= 0.3 is 29.6 Å². The molecule has 0 aliphatic rings. The number of carbonyl (C=O) groups is 1. The van der Waals surface area contributed by atoms with Crippen LogP contribution in [-0.2, 0) is 16.5 Å². The first-order valence-electron chi connectivity index (χ1n) is 11.1. The predicted octanol–water partition coefficient (Wildman–Crippen LogP) is 3.71. The Morgan fingerprint density at radius 1 is 1.05 bits per heavy atom. The Kier molecular flexibility index (Phi) is 10.0. The number of rotatable bonds is 7. The van der Waals surface area contributed by atoms with Gasteiger partial charge in [0.25, 0.3) is 16.0 Å². The number of hydrogen-bond donors (Lipinski definition) is 2. The van der Waals surface area contributed by atoms with Crippen LogP contribution in [0.1, 0.15) is 22.8 Å². The number of nitrogens with one attached hydrogen (secondary N) is 1. The fourth-order valence-corrected chi connectivity index (χ4v) is 5.19. The van der Waals surface area contributed by atoms with E-state index in [0.29, 0.717) is 27.2 Å². The molecule has 196 valence electrons. The Balaban J connectivity index is 0.00000420. The predicted molar refractivity (Wildman–Crippen MR) is 144 cm³/mol. The minimum absolute atomic E-state index is 0. The van der Waals surface area contributed by atoms with Crippen molar-refractivity contribution in [3.8, 4) is 11.5 Å². The second-order valence-corrected chi connectivity index (χ2v) is 10.3. The second-order valence-electron chi connectivity index (χ2n) is 8.05. The molecule has 9 nitrogen and oxygen atoms in total. The minimum Gasteiger partial charge on any atom is -0.870 e. The van der Waals surface area contributed by atoms with E-state index in [4.69, 9.17) is 27.9 Å². The summed E-state index contributed by atoms with van der Waals surface area (Å²) < 4.78 is 38.6. The number of carbonyl (C=O) groups excluding carboxylic acids is 1. The number of nitrogens with zero attached hydrogens (tertiary/aromatic N) is 2. The maximum atomic E-state index is 13.5. The Labute approximate surface area is 256 Å². The van der Waals surface area contributed by atoms with Gasteiger partial charge in [0.05, 0.1) is 24.2 Å². The van der Waals surface area contributed by atoms with Crippen LogP contribution in [0.15, 0.2) is 75.8 Å². The molecule has 0 bridgehead atoms. The average Bonchev–Trinajstić information content (AvgIpc) is 2.87. The van der Waals surface area contributed by atoms with Crippen molar-refractivity contribution in [1.29, 1.82) is 0 Å². The summed E-state index contributed by atoms with van der Waals surface area (Å²) in [5.74, 6) is -1.10. The van der Waals surface area contributed by atoms with Gasteiger partial charge in [-0.1, -0.05) is 60.1 Å². The van der Waals surface area contributed by atoms with Gasteiger partial charge in [-0.3, -0.25) is 9.35 Å². The SMILES string of the molecule is CCc1c(N=Nc2c([O-])c(C(=O)Nc3ccc(Cl)cc3OC)cc3ccccc23)cc(Cl)cc1S(=O)(=O)O.[Na+]. The largest absolute Gasteiger partial charge is 1.00 e. The first-order chi connectivity index (χ1) is 18.0. The fraction of sp³-hybridized carbons (Fsp3) is 0.115. The first kappa shape index (κ1) is 30.8. The molecule has 0 aromatic heterocycles. The molecule has 4 aromatic carbocycles. The molecule has 1 amide bonds. The van der Waals surface area contributed by atoms with E-state index in [1.54, 1.807) is 43.3 Å². The summed E-state index contributed by atoms with van der Waals surface area (Å²) >= 11 is 12.1. The quantitative estimate of drug-likeness (QED) is 0.189. The number of ether oxygens (including phenoxy) is 1. The number of benzene rings is 4. The maximum absolute atomic E-state index is 13.5. The third-order valence-corrected chi connectivity index (χ3v) is 7.04. The number of hydrogen-bond acceptors (Lipinski definition) is 7. The monoisotopic (exact) mass is 595 g/mol. The molecule has 0 saturated carbocycles. The third-order valence-electron chi connectivity index (χ3n) is 5.67. The molecule has 2 N–H and O–H groups in total. The van der Waals surface area contributed by atoms with E-state index in [2.05, 4.69) is 15.5 Å². The molecule has 0 atom stereocenters. The standard InChI is InChI=1S/C26H21Cl2N3O6S.Na/c1-3-17-21(11-16(28)13-23(17)38(34,35)36)30-31-24-18-7-5-4-6-14(18)10-19(25(24)32)26(33)29-20-9-8-15(27)12-22(20)37-2;/h4-13,32H,3H2,1-2H3,(H,29,33)(H,34,35,36);/q;+1/p-1. The van der Waals surface area contributed by atoms with Gasteiger partial charge in [0.1, 0.15) is 10.6 Å². The maximum Gasteiger partial charge on any atom is 1.00 e. The topological polar surface area (TPSA) is 140 Å². The number of anilines is 1. The molecular weight excluding hydrogens is 576 g/mol. The average molecular weight is 596 g/mol. The summed E-state index contributed by atoms with van der Waals surface area (Å²) in [5, 5.41) is 25.7. The molecule has 0 radical (unpaired) electrons. The van der Waals surface area contributed by atoms with Gasteiger partial charge in [0.2, 0.25) is 0 Å². The van der Waals surface area contributed by atoms with Crippen molar-refractivity contribution in [2.24, 2.45) is 10.2 Å². The van der Waals surface area contributed by atoms with Crippen LogP contribution < -0.4 is 44.7 Å². The molecule has 0 aliphatic heterocycles. The van der Waals surface area contributed by atoms with Crippen LogP contribution >= 0.6 is 23.2 Å². The molecule has 13 heteroatoms. The number of methoxy groups -OCH3 is 1. The van der Waals surface area contributed by atoms with E-state index in [9.17, 15) is 22.9 Å². The smallest absolute Gasteiger partial charge is 0.870 e. The summed E-state index contributed by atoms with van der Waals surface area (Å²) in [7, 11) is -3.17. The van der Waals surface area contributed by atoms with E-state index >= 15 is 0 Å². The Morgan fingerprint density at radius 3 is 2.44 bits per heavy atom. The van der Waals surface area contributed by atoms with E-state index in [0.717, 1.165) is 6.07 Å². The normalized spacial score (nSPS) is 11.4. The number of amides is 1. The van der Waals surface area contributed by atoms with Crippen molar-refractivity contribution in [3.05, 3.63) is 81.8 Å². The zero-order valence-corrected chi connectivity index (χ0v) is 25.4. The number of fused-ring (bicyclic) bond motifs is 1.